The summed E-state index contributed by atoms with van der Waals surface area (Å²) in [5.74, 6) is -0.396. The first-order chi connectivity index (χ1) is 17.0. The van der Waals surface area contributed by atoms with Crippen molar-refractivity contribution in [3.63, 3.8) is 0 Å². The van der Waals surface area contributed by atoms with Crippen LogP contribution in [-0.4, -0.2) is 42.2 Å². The van der Waals surface area contributed by atoms with Crippen LogP contribution in [0.25, 0.3) is 17.2 Å². The molecule has 2 aliphatic heterocycles. The molecule has 5 rings (SSSR count). The summed E-state index contributed by atoms with van der Waals surface area (Å²) in [4.78, 5) is 15.6. The predicted molar refractivity (Wildman–Crippen MR) is 135 cm³/mol. The minimum Gasteiger partial charge on any atom is -0.488 e. The molecule has 0 bridgehead atoms. The van der Waals surface area contributed by atoms with Gasteiger partial charge in [0.2, 0.25) is 0 Å². The van der Waals surface area contributed by atoms with Crippen LogP contribution in [0.1, 0.15) is 21.7 Å². The molecule has 0 amide bonds. The maximum Gasteiger partial charge on any atom is 0.332 e. The quantitative estimate of drug-likeness (QED) is 0.444. The van der Waals surface area contributed by atoms with Gasteiger partial charge >= 0.3 is 5.97 Å². The number of carboxylic acids is 1. The molecule has 0 saturated heterocycles. The summed E-state index contributed by atoms with van der Waals surface area (Å²) in [6, 6.07) is 15.5. The number of ether oxygens (including phenoxy) is 2. The molecule has 7 heteroatoms. The van der Waals surface area contributed by atoms with E-state index in [1.807, 2.05) is 29.2 Å². The van der Waals surface area contributed by atoms with Crippen molar-refractivity contribution >= 4 is 23.4 Å². The average Bonchev–Trinajstić information content (AvgIpc) is 3.24. The minimum absolute atomic E-state index is 0.336. The molecule has 3 aromatic rings. The van der Waals surface area contributed by atoms with Crippen LogP contribution in [0.15, 0.2) is 65.8 Å². The highest BCUT2D eigenvalue weighted by Crippen LogP contribution is 2.35. The number of hydrogen-bond donors (Lipinski definition) is 1. The smallest absolute Gasteiger partial charge is 0.332 e. The lowest BCUT2D eigenvalue weighted by atomic mass is 10.0. The maximum atomic E-state index is 15.0. The Bertz CT molecular complexity index is 1310. The normalized spacial score (nSPS) is 15.6. The van der Waals surface area contributed by atoms with Crippen molar-refractivity contribution < 1.29 is 23.8 Å². The SMILES string of the molecule is Cc1sc(COc2cc(F)c3c(c2)OCC(CN2CCC=C(C(=O)O)C2)=C3)cc1-c1ccccc1. The third kappa shape index (κ3) is 5.31. The fraction of sp³-hybridized carbons (Fsp3) is 0.250. The van der Waals surface area contributed by atoms with E-state index in [1.54, 1.807) is 23.5 Å². The molecule has 2 aromatic carbocycles. The van der Waals surface area contributed by atoms with Gasteiger partial charge in [-0.15, -0.1) is 11.3 Å². The molecule has 0 fully saturated rings. The standard InChI is InChI=1S/C28H26FNO4S/c1-18-24(20-6-3-2-4-7-20)13-23(35-18)17-33-22-11-26(29)25-10-19(16-34-27(25)12-22)14-30-9-5-8-21(15-30)28(31)32/h2-4,6-8,10-13H,5,9,14-17H2,1H3,(H,31,32). The van der Waals surface area contributed by atoms with E-state index in [0.717, 1.165) is 17.0 Å². The summed E-state index contributed by atoms with van der Waals surface area (Å²) >= 11 is 1.68. The number of aliphatic carboxylic acids is 1. The van der Waals surface area contributed by atoms with Crippen LogP contribution in [0.2, 0.25) is 0 Å². The Morgan fingerprint density at radius 3 is 2.86 bits per heavy atom. The van der Waals surface area contributed by atoms with Crippen molar-refractivity contribution in [2.75, 3.05) is 26.2 Å². The number of carbonyl (C=O) groups is 1. The van der Waals surface area contributed by atoms with Crippen LogP contribution in [-0.2, 0) is 11.4 Å². The van der Waals surface area contributed by atoms with Gasteiger partial charge in [0.15, 0.2) is 0 Å². The fourth-order valence-corrected chi connectivity index (χ4v) is 5.45. The lowest BCUT2D eigenvalue weighted by molar-refractivity contribution is -0.133. The molecule has 1 N–H and O–H groups in total. The topological polar surface area (TPSA) is 59.0 Å². The van der Waals surface area contributed by atoms with Crippen LogP contribution in [0.4, 0.5) is 4.39 Å². The van der Waals surface area contributed by atoms with E-state index in [2.05, 4.69) is 25.1 Å². The van der Waals surface area contributed by atoms with E-state index >= 15 is 0 Å². The zero-order valence-corrected chi connectivity index (χ0v) is 20.2. The summed E-state index contributed by atoms with van der Waals surface area (Å²) in [5, 5.41) is 9.24. The van der Waals surface area contributed by atoms with Gasteiger partial charge in [-0.05, 0) is 42.2 Å². The number of rotatable bonds is 7. The number of nitrogens with zero attached hydrogens (tertiary/aromatic N) is 1. The molecule has 0 radical (unpaired) electrons. The first kappa shape index (κ1) is 23.3. The van der Waals surface area contributed by atoms with Crippen LogP contribution >= 0.6 is 11.3 Å². The van der Waals surface area contributed by atoms with E-state index in [4.69, 9.17) is 9.47 Å². The third-order valence-corrected chi connectivity index (χ3v) is 7.22. The van der Waals surface area contributed by atoms with E-state index in [1.165, 1.54) is 22.1 Å². The highest BCUT2D eigenvalue weighted by molar-refractivity contribution is 7.12. The second-order valence-corrected chi connectivity index (χ2v) is 10.1. The first-order valence-electron chi connectivity index (χ1n) is 11.5. The van der Waals surface area contributed by atoms with Gasteiger partial charge in [0.25, 0.3) is 0 Å². The average molecular weight is 492 g/mol. The molecule has 35 heavy (non-hydrogen) atoms. The number of aryl methyl sites for hydroxylation is 1. The van der Waals surface area contributed by atoms with Gasteiger partial charge in [-0.3, -0.25) is 4.90 Å². The lowest BCUT2D eigenvalue weighted by Gasteiger charge is -2.28. The monoisotopic (exact) mass is 491 g/mol. The summed E-state index contributed by atoms with van der Waals surface area (Å²) < 4.78 is 26.8. The second kappa shape index (κ2) is 10.1. The van der Waals surface area contributed by atoms with Gasteiger partial charge < -0.3 is 14.6 Å². The molecule has 3 heterocycles. The fourth-order valence-electron chi connectivity index (χ4n) is 4.48. The number of fused-ring (bicyclic) bond motifs is 1. The molecule has 5 nitrogen and oxygen atoms in total. The Hall–Kier alpha value is -3.42. The molecule has 180 valence electrons. The lowest BCUT2D eigenvalue weighted by Crippen LogP contribution is -2.35. The minimum atomic E-state index is -0.888. The Kier molecular flexibility index (Phi) is 6.70. The second-order valence-electron chi connectivity index (χ2n) is 8.78. The highest BCUT2D eigenvalue weighted by atomic mass is 32.1. The Labute approximate surface area is 207 Å². The van der Waals surface area contributed by atoms with Gasteiger partial charge in [0.05, 0.1) is 5.56 Å². The number of halogens is 1. The Balaban J connectivity index is 1.26. The summed E-state index contributed by atoms with van der Waals surface area (Å²) in [5.41, 5.74) is 4.08. The number of hydrogen-bond acceptors (Lipinski definition) is 5. The highest BCUT2D eigenvalue weighted by Gasteiger charge is 2.22. The number of benzene rings is 2. The van der Waals surface area contributed by atoms with Gasteiger partial charge in [0, 0.05) is 47.1 Å². The van der Waals surface area contributed by atoms with Crippen molar-refractivity contribution in [2.45, 2.75) is 20.0 Å². The Morgan fingerprint density at radius 2 is 2.06 bits per heavy atom. The van der Waals surface area contributed by atoms with Crippen molar-refractivity contribution in [1.82, 2.24) is 4.90 Å². The molecular formula is C28H26FNO4S. The Morgan fingerprint density at radius 1 is 1.23 bits per heavy atom. The molecule has 0 spiro atoms. The van der Waals surface area contributed by atoms with Crippen molar-refractivity contribution in [3.05, 3.63) is 86.9 Å². The zero-order chi connectivity index (χ0) is 24.4. The number of carboxylic acid groups (broad SMARTS) is 1. The maximum absolute atomic E-state index is 15.0. The van der Waals surface area contributed by atoms with Crippen LogP contribution in [0, 0.1) is 12.7 Å². The first-order valence-corrected chi connectivity index (χ1v) is 12.4. The number of thiophene rings is 1. The van der Waals surface area contributed by atoms with Crippen LogP contribution in [0.3, 0.4) is 0 Å². The molecule has 0 atom stereocenters. The van der Waals surface area contributed by atoms with E-state index in [-0.39, 0.29) is 0 Å². The predicted octanol–water partition coefficient (Wildman–Crippen LogP) is 5.93. The van der Waals surface area contributed by atoms with Crippen molar-refractivity contribution in [2.24, 2.45) is 0 Å². The molecule has 0 saturated carbocycles. The van der Waals surface area contributed by atoms with E-state index in [0.29, 0.717) is 55.4 Å². The van der Waals surface area contributed by atoms with Crippen molar-refractivity contribution in [3.8, 4) is 22.6 Å². The molecule has 0 unspecified atom stereocenters. The molecule has 2 aliphatic rings. The zero-order valence-electron chi connectivity index (χ0n) is 19.4. The summed E-state index contributed by atoms with van der Waals surface area (Å²) in [6.45, 7) is 4.47. The molecule has 0 aliphatic carbocycles. The van der Waals surface area contributed by atoms with Crippen LogP contribution < -0.4 is 9.47 Å². The van der Waals surface area contributed by atoms with E-state index in [9.17, 15) is 14.3 Å². The van der Waals surface area contributed by atoms with Gasteiger partial charge in [-0.1, -0.05) is 36.4 Å². The summed E-state index contributed by atoms with van der Waals surface area (Å²) in [6.07, 6.45) is 4.27. The van der Waals surface area contributed by atoms with Crippen molar-refractivity contribution in [1.29, 1.82) is 0 Å². The molecular weight excluding hydrogens is 465 g/mol. The molecule has 1 aromatic heterocycles. The van der Waals surface area contributed by atoms with Gasteiger partial charge in [-0.2, -0.15) is 0 Å². The van der Waals surface area contributed by atoms with Gasteiger partial charge in [0.1, 0.15) is 30.5 Å². The largest absolute Gasteiger partial charge is 0.488 e. The summed E-state index contributed by atoms with van der Waals surface area (Å²) in [7, 11) is 0. The van der Waals surface area contributed by atoms with Gasteiger partial charge in [-0.25, -0.2) is 9.18 Å². The third-order valence-electron chi connectivity index (χ3n) is 6.19. The van der Waals surface area contributed by atoms with Crippen LogP contribution in [0.5, 0.6) is 11.5 Å². The van der Waals surface area contributed by atoms with E-state index < -0.39 is 11.8 Å².